The van der Waals surface area contributed by atoms with Crippen LogP contribution in [0.25, 0.3) is 0 Å². The van der Waals surface area contributed by atoms with Crippen molar-refractivity contribution in [1.82, 2.24) is 5.32 Å². The lowest BCUT2D eigenvalue weighted by Gasteiger charge is -2.29. The molecule has 0 aromatic heterocycles. The first kappa shape index (κ1) is 16.5. The van der Waals surface area contributed by atoms with Crippen molar-refractivity contribution in [2.24, 2.45) is 5.41 Å². The second kappa shape index (κ2) is 8.55. The van der Waals surface area contributed by atoms with E-state index in [4.69, 9.17) is 4.74 Å². The van der Waals surface area contributed by atoms with Crippen LogP contribution in [0.3, 0.4) is 0 Å². The first-order valence-corrected chi connectivity index (χ1v) is 8.49. The standard InChI is InChI=1S/C19H31NO/c1-17-5-7-18(8-6-17)9-12-19(10-3-4-11-19)13-14-20-15-16-21-2/h5-8,20H,3-4,9-16H2,1-2H3. The third kappa shape index (κ3) is 5.44. The molecule has 0 unspecified atom stereocenters. The SMILES string of the molecule is COCCNCCC1(CCc2ccc(C)cc2)CCCC1. The second-order valence-corrected chi connectivity index (χ2v) is 6.69. The van der Waals surface area contributed by atoms with Crippen molar-refractivity contribution in [2.45, 2.75) is 51.9 Å². The van der Waals surface area contributed by atoms with E-state index in [0.717, 1.165) is 19.7 Å². The van der Waals surface area contributed by atoms with Gasteiger partial charge >= 0.3 is 0 Å². The largest absolute Gasteiger partial charge is 0.383 e. The first-order valence-electron chi connectivity index (χ1n) is 8.49. The fourth-order valence-electron chi connectivity index (χ4n) is 3.57. The number of aryl methyl sites for hydroxylation is 2. The quantitative estimate of drug-likeness (QED) is 0.691. The van der Waals surface area contributed by atoms with Gasteiger partial charge in [0.2, 0.25) is 0 Å². The molecule has 1 N–H and O–H groups in total. The Hall–Kier alpha value is -0.860. The Morgan fingerprint density at radius 2 is 1.76 bits per heavy atom. The van der Waals surface area contributed by atoms with Crippen molar-refractivity contribution in [2.75, 3.05) is 26.8 Å². The van der Waals surface area contributed by atoms with E-state index < -0.39 is 0 Å². The molecule has 0 atom stereocenters. The van der Waals surface area contributed by atoms with Crippen LogP contribution in [0.4, 0.5) is 0 Å². The number of hydrogen-bond donors (Lipinski definition) is 1. The molecule has 1 aromatic carbocycles. The zero-order valence-corrected chi connectivity index (χ0v) is 13.8. The zero-order chi connectivity index (χ0) is 15.0. The van der Waals surface area contributed by atoms with Gasteiger partial charge in [-0.05, 0) is 56.6 Å². The smallest absolute Gasteiger partial charge is 0.0587 e. The summed E-state index contributed by atoms with van der Waals surface area (Å²) in [4.78, 5) is 0. The van der Waals surface area contributed by atoms with Crippen LogP contribution in [0.2, 0.25) is 0 Å². The summed E-state index contributed by atoms with van der Waals surface area (Å²) < 4.78 is 5.09. The van der Waals surface area contributed by atoms with E-state index in [9.17, 15) is 0 Å². The van der Waals surface area contributed by atoms with Gasteiger partial charge in [0, 0.05) is 13.7 Å². The molecule has 2 rings (SSSR count). The number of nitrogens with one attached hydrogen (secondary N) is 1. The molecule has 0 bridgehead atoms. The van der Waals surface area contributed by atoms with Gasteiger partial charge in [0.1, 0.15) is 0 Å². The molecule has 2 nitrogen and oxygen atoms in total. The van der Waals surface area contributed by atoms with E-state index in [1.54, 1.807) is 7.11 Å². The maximum atomic E-state index is 5.09. The molecule has 0 heterocycles. The maximum absolute atomic E-state index is 5.09. The number of methoxy groups -OCH3 is 1. The molecule has 0 aliphatic heterocycles. The van der Waals surface area contributed by atoms with Gasteiger partial charge in [-0.15, -0.1) is 0 Å². The number of rotatable bonds is 9. The molecule has 1 aliphatic carbocycles. The molecule has 0 amide bonds. The highest BCUT2D eigenvalue weighted by atomic mass is 16.5. The summed E-state index contributed by atoms with van der Waals surface area (Å²) in [6.45, 7) is 5.09. The summed E-state index contributed by atoms with van der Waals surface area (Å²) in [5, 5.41) is 3.52. The lowest BCUT2D eigenvalue weighted by atomic mass is 9.77. The Morgan fingerprint density at radius 1 is 1.05 bits per heavy atom. The summed E-state index contributed by atoms with van der Waals surface area (Å²) in [7, 11) is 1.77. The lowest BCUT2D eigenvalue weighted by Crippen LogP contribution is -2.27. The van der Waals surface area contributed by atoms with Crippen LogP contribution in [0.15, 0.2) is 24.3 Å². The highest BCUT2D eigenvalue weighted by Gasteiger charge is 2.32. The molecular weight excluding hydrogens is 258 g/mol. The fraction of sp³-hybridized carbons (Fsp3) is 0.684. The summed E-state index contributed by atoms with van der Waals surface area (Å²) in [6.07, 6.45) is 9.59. The molecule has 118 valence electrons. The number of benzene rings is 1. The van der Waals surface area contributed by atoms with E-state index in [2.05, 4.69) is 36.5 Å². The van der Waals surface area contributed by atoms with Crippen molar-refractivity contribution >= 4 is 0 Å². The van der Waals surface area contributed by atoms with Crippen LogP contribution in [-0.4, -0.2) is 26.8 Å². The summed E-state index contributed by atoms with van der Waals surface area (Å²) in [5.41, 5.74) is 3.45. The number of hydrogen-bond acceptors (Lipinski definition) is 2. The van der Waals surface area contributed by atoms with Gasteiger partial charge < -0.3 is 10.1 Å². The van der Waals surface area contributed by atoms with E-state index in [1.807, 2.05) is 0 Å². The monoisotopic (exact) mass is 289 g/mol. The van der Waals surface area contributed by atoms with Crippen LogP contribution < -0.4 is 5.32 Å². The van der Waals surface area contributed by atoms with Crippen molar-refractivity contribution in [3.63, 3.8) is 0 Å². The van der Waals surface area contributed by atoms with Gasteiger partial charge in [0.15, 0.2) is 0 Å². The minimum absolute atomic E-state index is 0.588. The van der Waals surface area contributed by atoms with Gasteiger partial charge in [-0.3, -0.25) is 0 Å². The number of ether oxygens (including phenoxy) is 1. The van der Waals surface area contributed by atoms with Gasteiger partial charge in [0.25, 0.3) is 0 Å². The Morgan fingerprint density at radius 3 is 2.43 bits per heavy atom. The Labute approximate surface area is 130 Å². The van der Waals surface area contributed by atoms with Crippen LogP contribution in [0.1, 0.15) is 49.7 Å². The van der Waals surface area contributed by atoms with Crippen LogP contribution in [0, 0.1) is 12.3 Å². The summed E-state index contributed by atoms with van der Waals surface area (Å²) in [6, 6.07) is 9.08. The second-order valence-electron chi connectivity index (χ2n) is 6.69. The summed E-state index contributed by atoms with van der Waals surface area (Å²) in [5.74, 6) is 0. The average Bonchev–Trinajstić information content (AvgIpc) is 2.96. The predicted molar refractivity (Wildman–Crippen MR) is 89.8 cm³/mol. The molecule has 0 spiro atoms. The molecule has 2 heteroatoms. The highest BCUT2D eigenvalue weighted by Crippen LogP contribution is 2.44. The molecule has 0 radical (unpaired) electrons. The van der Waals surface area contributed by atoms with E-state index in [1.165, 1.54) is 56.1 Å². The molecule has 1 saturated carbocycles. The third-order valence-electron chi connectivity index (χ3n) is 5.04. The van der Waals surface area contributed by atoms with Gasteiger partial charge in [0.05, 0.1) is 6.61 Å². The Bertz CT molecular complexity index is 393. The van der Waals surface area contributed by atoms with E-state index in [-0.39, 0.29) is 0 Å². The Balaban J connectivity index is 1.79. The molecule has 0 saturated heterocycles. The highest BCUT2D eigenvalue weighted by molar-refractivity contribution is 5.21. The van der Waals surface area contributed by atoms with Crippen molar-refractivity contribution in [3.05, 3.63) is 35.4 Å². The molecule has 1 aliphatic rings. The van der Waals surface area contributed by atoms with Gasteiger partial charge in [-0.2, -0.15) is 0 Å². The third-order valence-corrected chi connectivity index (χ3v) is 5.04. The van der Waals surface area contributed by atoms with Crippen molar-refractivity contribution in [3.8, 4) is 0 Å². The van der Waals surface area contributed by atoms with Gasteiger partial charge in [-0.25, -0.2) is 0 Å². The topological polar surface area (TPSA) is 21.3 Å². The minimum Gasteiger partial charge on any atom is -0.383 e. The minimum atomic E-state index is 0.588. The maximum Gasteiger partial charge on any atom is 0.0587 e. The van der Waals surface area contributed by atoms with E-state index in [0.29, 0.717) is 5.41 Å². The Kier molecular flexibility index (Phi) is 6.72. The predicted octanol–water partition coefficient (Wildman–Crippen LogP) is 4.11. The average molecular weight is 289 g/mol. The van der Waals surface area contributed by atoms with E-state index >= 15 is 0 Å². The van der Waals surface area contributed by atoms with Crippen LogP contribution in [0.5, 0.6) is 0 Å². The molecular formula is C19H31NO. The molecule has 1 fully saturated rings. The molecule has 1 aromatic rings. The zero-order valence-electron chi connectivity index (χ0n) is 13.8. The first-order chi connectivity index (χ1) is 10.2. The fourth-order valence-corrected chi connectivity index (χ4v) is 3.57. The molecule has 21 heavy (non-hydrogen) atoms. The van der Waals surface area contributed by atoms with Crippen molar-refractivity contribution < 1.29 is 4.74 Å². The van der Waals surface area contributed by atoms with Crippen LogP contribution >= 0.6 is 0 Å². The van der Waals surface area contributed by atoms with Crippen LogP contribution in [-0.2, 0) is 11.2 Å². The normalized spacial score (nSPS) is 17.2. The summed E-state index contributed by atoms with van der Waals surface area (Å²) >= 11 is 0. The van der Waals surface area contributed by atoms with Crippen molar-refractivity contribution in [1.29, 1.82) is 0 Å². The van der Waals surface area contributed by atoms with Gasteiger partial charge in [-0.1, -0.05) is 42.7 Å². The lowest BCUT2D eigenvalue weighted by molar-refractivity contribution is 0.193.